The summed E-state index contributed by atoms with van der Waals surface area (Å²) in [6.07, 6.45) is 0. The lowest BCUT2D eigenvalue weighted by atomic mass is 9.76. The van der Waals surface area contributed by atoms with E-state index in [0.29, 0.717) is 0 Å². The first-order valence-electron chi connectivity index (χ1n) is 14.4. The van der Waals surface area contributed by atoms with Crippen LogP contribution in [0, 0.1) is 0 Å². The van der Waals surface area contributed by atoms with Crippen molar-refractivity contribution < 1.29 is 0 Å². The molecule has 2 aliphatic heterocycles. The largest absolute Gasteiger partial charge is 0.327 e. The molecule has 2 aromatic heterocycles. The monoisotopic (exact) mass is 559 g/mol. The average molecular weight is 560 g/mol. The lowest BCUT2D eigenvalue weighted by molar-refractivity contribution is 0.0528. The van der Waals surface area contributed by atoms with Gasteiger partial charge in [-0.25, -0.2) is 15.0 Å². The first-order chi connectivity index (χ1) is 19.3. The van der Waals surface area contributed by atoms with Crippen molar-refractivity contribution in [2.24, 2.45) is 4.99 Å². The Morgan fingerprint density at radius 3 is 2.05 bits per heavy atom. The molecule has 0 saturated carbocycles. The number of aliphatic imine (C=N–C) groups is 1. The van der Waals surface area contributed by atoms with Crippen LogP contribution in [0.3, 0.4) is 0 Å². The van der Waals surface area contributed by atoms with E-state index in [1.807, 2.05) is 0 Å². The molecular weight excluding hydrogens is 522 g/mol. The van der Waals surface area contributed by atoms with Crippen molar-refractivity contribution in [1.29, 1.82) is 0 Å². The molecule has 4 heterocycles. The minimum atomic E-state index is -0.299. The molecule has 0 atom stereocenters. The van der Waals surface area contributed by atoms with Crippen LogP contribution in [0.2, 0.25) is 0 Å². The number of rotatable bonds is 3. The zero-order chi connectivity index (χ0) is 28.9. The van der Waals surface area contributed by atoms with Crippen LogP contribution < -0.4 is 4.90 Å². The predicted octanol–water partition coefficient (Wildman–Crippen LogP) is 8.78. The van der Waals surface area contributed by atoms with Crippen LogP contribution in [-0.2, 0) is 0 Å². The highest BCUT2D eigenvalue weighted by Crippen LogP contribution is 2.55. The van der Waals surface area contributed by atoms with Gasteiger partial charge in [0.25, 0.3) is 0 Å². The SMILES string of the molecule is CC1(C)N=C2N(c3nc(-c4cccc(-c5ccccc5)c4)nc4sc5ccccc5c34)C(C)(C)C(C)(C)N2C1(C)C. The number of benzene rings is 3. The minimum Gasteiger partial charge on any atom is -0.327 e. The van der Waals surface area contributed by atoms with Crippen LogP contribution in [-0.4, -0.2) is 43.0 Å². The zero-order valence-electron chi connectivity index (χ0n) is 25.1. The Hall–Kier alpha value is -3.77. The van der Waals surface area contributed by atoms with Crippen LogP contribution in [0.4, 0.5) is 5.82 Å². The first kappa shape index (κ1) is 26.1. The van der Waals surface area contributed by atoms with Crippen molar-refractivity contribution in [3.8, 4) is 22.5 Å². The molecule has 5 aromatic rings. The Morgan fingerprint density at radius 2 is 1.29 bits per heavy atom. The summed E-state index contributed by atoms with van der Waals surface area (Å²) in [7, 11) is 0. The molecule has 5 nitrogen and oxygen atoms in total. The fourth-order valence-corrected chi connectivity index (χ4v) is 7.65. The van der Waals surface area contributed by atoms with E-state index in [1.54, 1.807) is 11.3 Å². The normalized spacial score (nSPS) is 20.0. The highest BCUT2D eigenvalue weighted by atomic mass is 32.1. The van der Waals surface area contributed by atoms with Crippen molar-refractivity contribution in [3.05, 3.63) is 78.9 Å². The number of guanidine groups is 1. The molecule has 7 rings (SSSR count). The Bertz CT molecular complexity index is 1860. The first-order valence-corrected chi connectivity index (χ1v) is 15.2. The zero-order valence-corrected chi connectivity index (χ0v) is 26.0. The molecule has 3 aromatic carbocycles. The van der Waals surface area contributed by atoms with Crippen molar-refractivity contribution in [2.45, 2.75) is 77.5 Å². The van der Waals surface area contributed by atoms with E-state index in [9.17, 15) is 0 Å². The van der Waals surface area contributed by atoms with Crippen LogP contribution in [0.5, 0.6) is 0 Å². The van der Waals surface area contributed by atoms with E-state index < -0.39 is 0 Å². The Morgan fingerprint density at radius 1 is 0.634 bits per heavy atom. The molecule has 208 valence electrons. The van der Waals surface area contributed by atoms with Gasteiger partial charge in [-0.3, -0.25) is 4.90 Å². The van der Waals surface area contributed by atoms with Gasteiger partial charge in [0.15, 0.2) is 5.82 Å². The van der Waals surface area contributed by atoms with Crippen LogP contribution in [0.1, 0.15) is 55.4 Å². The lowest BCUT2D eigenvalue weighted by Gasteiger charge is -2.50. The Kier molecular flexibility index (Phi) is 5.35. The maximum absolute atomic E-state index is 5.44. The second-order valence-electron chi connectivity index (χ2n) is 13.4. The van der Waals surface area contributed by atoms with Gasteiger partial charge in [-0.1, -0.05) is 66.7 Å². The van der Waals surface area contributed by atoms with Gasteiger partial charge >= 0.3 is 0 Å². The third-order valence-electron chi connectivity index (χ3n) is 10.1. The van der Waals surface area contributed by atoms with Crippen LogP contribution in [0.25, 0.3) is 42.8 Å². The van der Waals surface area contributed by atoms with Gasteiger partial charge in [0, 0.05) is 15.6 Å². The smallest absolute Gasteiger partial charge is 0.204 e. The predicted molar refractivity (Wildman–Crippen MR) is 174 cm³/mol. The molecule has 41 heavy (non-hydrogen) atoms. The summed E-state index contributed by atoms with van der Waals surface area (Å²) in [6.45, 7) is 18.5. The number of nitrogens with zero attached hydrogens (tertiary/aromatic N) is 5. The van der Waals surface area contributed by atoms with Gasteiger partial charge in [-0.15, -0.1) is 11.3 Å². The van der Waals surface area contributed by atoms with Gasteiger partial charge in [0.05, 0.1) is 27.5 Å². The summed E-state index contributed by atoms with van der Waals surface area (Å²) in [5, 5.41) is 2.29. The van der Waals surface area contributed by atoms with E-state index >= 15 is 0 Å². The maximum atomic E-state index is 5.44. The molecule has 0 radical (unpaired) electrons. The maximum Gasteiger partial charge on any atom is 0.204 e. The van der Waals surface area contributed by atoms with Crippen LogP contribution in [0.15, 0.2) is 83.9 Å². The summed E-state index contributed by atoms with van der Waals surface area (Å²) < 4.78 is 1.22. The van der Waals surface area contributed by atoms with Gasteiger partial charge in [-0.05, 0) is 78.6 Å². The van der Waals surface area contributed by atoms with Gasteiger partial charge in [0.2, 0.25) is 5.96 Å². The van der Waals surface area contributed by atoms with E-state index in [2.05, 4.69) is 144 Å². The molecule has 0 bridgehead atoms. The molecular formula is C35H37N5S. The topological polar surface area (TPSA) is 44.6 Å². The standard InChI is InChI=1S/C35H37N5S/c1-32(2)33(3,4)40-31(38-32)39(34(5,6)35(40,7)8)29-27-25-19-12-13-20-26(25)41-30(27)37-28(36-29)24-18-14-17-23(21-24)22-15-10-9-11-16-22/h9-21H,1-8H3. The molecule has 0 spiro atoms. The second-order valence-corrected chi connectivity index (χ2v) is 14.4. The third kappa shape index (κ3) is 3.49. The molecule has 1 fully saturated rings. The summed E-state index contributed by atoms with van der Waals surface area (Å²) in [5.74, 6) is 2.66. The molecule has 2 aliphatic rings. The van der Waals surface area contributed by atoms with E-state index in [0.717, 1.165) is 38.9 Å². The fraction of sp³-hybridized carbons (Fsp3) is 0.343. The lowest BCUT2D eigenvalue weighted by Crippen LogP contribution is -2.63. The number of hydrogen-bond donors (Lipinski definition) is 0. The number of fused-ring (bicyclic) bond motifs is 4. The van der Waals surface area contributed by atoms with Gasteiger partial charge < -0.3 is 4.90 Å². The third-order valence-corrected chi connectivity index (χ3v) is 11.2. The quantitative estimate of drug-likeness (QED) is 0.222. The van der Waals surface area contributed by atoms with Gasteiger partial charge in [0.1, 0.15) is 10.6 Å². The average Bonchev–Trinajstić information content (AvgIpc) is 3.45. The fourth-order valence-electron chi connectivity index (χ4n) is 6.58. The number of hydrogen-bond acceptors (Lipinski definition) is 6. The van der Waals surface area contributed by atoms with Crippen molar-refractivity contribution in [2.75, 3.05) is 4.90 Å². The van der Waals surface area contributed by atoms with E-state index in [1.165, 1.54) is 15.6 Å². The van der Waals surface area contributed by atoms with Crippen LogP contribution >= 0.6 is 11.3 Å². The Labute approximate surface area is 246 Å². The van der Waals surface area contributed by atoms with Crippen molar-refractivity contribution in [1.82, 2.24) is 14.9 Å². The number of aromatic nitrogens is 2. The van der Waals surface area contributed by atoms with Gasteiger partial charge in [-0.2, -0.15) is 0 Å². The van der Waals surface area contributed by atoms with E-state index in [-0.39, 0.29) is 22.2 Å². The number of thiophene rings is 1. The highest BCUT2D eigenvalue weighted by Gasteiger charge is 2.66. The summed E-state index contributed by atoms with van der Waals surface area (Å²) in [4.78, 5) is 22.0. The molecule has 6 heteroatoms. The molecule has 0 amide bonds. The number of anilines is 1. The second kappa shape index (κ2) is 8.39. The highest BCUT2D eigenvalue weighted by molar-refractivity contribution is 7.25. The molecule has 1 saturated heterocycles. The molecule has 0 N–H and O–H groups in total. The summed E-state index contributed by atoms with van der Waals surface area (Å²) >= 11 is 1.74. The molecule has 0 unspecified atom stereocenters. The van der Waals surface area contributed by atoms with Crippen molar-refractivity contribution in [3.63, 3.8) is 0 Å². The van der Waals surface area contributed by atoms with Crippen molar-refractivity contribution >= 4 is 43.4 Å². The molecule has 0 aliphatic carbocycles. The Balaban J connectivity index is 1.52. The minimum absolute atomic E-state index is 0.173. The summed E-state index contributed by atoms with van der Waals surface area (Å²) in [6, 6.07) is 27.7. The summed E-state index contributed by atoms with van der Waals surface area (Å²) in [5.41, 5.74) is 2.40. The van der Waals surface area contributed by atoms with E-state index in [4.69, 9.17) is 15.0 Å².